The summed E-state index contributed by atoms with van der Waals surface area (Å²) in [6, 6.07) is 2.01. The van der Waals surface area contributed by atoms with E-state index in [1.165, 1.54) is 6.07 Å². The van der Waals surface area contributed by atoms with Crippen molar-refractivity contribution in [1.29, 1.82) is 0 Å². The molecule has 1 fully saturated rings. The molecular weight excluding hydrogens is 276 g/mol. The molecule has 0 amide bonds. The van der Waals surface area contributed by atoms with Crippen LogP contribution in [0.1, 0.15) is 32.6 Å². The first kappa shape index (κ1) is 13.9. The van der Waals surface area contributed by atoms with Gasteiger partial charge in [0.15, 0.2) is 5.82 Å². The van der Waals surface area contributed by atoms with Crippen molar-refractivity contribution in [3.63, 3.8) is 0 Å². The third kappa shape index (κ3) is 2.59. The van der Waals surface area contributed by atoms with Crippen LogP contribution in [0, 0.1) is 17.0 Å². The fourth-order valence-electron chi connectivity index (χ4n) is 2.75. The summed E-state index contributed by atoms with van der Waals surface area (Å²) in [5.41, 5.74) is 5.75. The number of halogens is 2. The molecule has 0 bridgehead atoms. The van der Waals surface area contributed by atoms with Crippen molar-refractivity contribution in [2.75, 3.05) is 5.73 Å². The lowest BCUT2D eigenvalue weighted by atomic mass is 10.0. The van der Waals surface area contributed by atoms with Gasteiger partial charge < -0.3 is 5.73 Å². The van der Waals surface area contributed by atoms with E-state index in [0.29, 0.717) is 12.4 Å². The molecule has 1 aromatic carbocycles. The molecule has 1 aliphatic rings. The van der Waals surface area contributed by atoms with Gasteiger partial charge in [-0.1, -0.05) is 13.3 Å². The van der Waals surface area contributed by atoms with E-state index in [4.69, 9.17) is 5.73 Å². The van der Waals surface area contributed by atoms with E-state index in [1.807, 2.05) is 0 Å². The molecule has 3 rings (SSSR count). The van der Waals surface area contributed by atoms with Crippen LogP contribution in [0.25, 0.3) is 11.4 Å². The fraction of sp³-hybridized carbons (Fsp3) is 0.500. The van der Waals surface area contributed by atoms with Crippen LogP contribution in [0.3, 0.4) is 0 Å². The van der Waals surface area contributed by atoms with Crippen molar-refractivity contribution in [3.05, 3.63) is 23.8 Å². The Kier molecular flexibility index (Phi) is 3.35. The van der Waals surface area contributed by atoms with Crippen molar-refractivity contribution in [1.82, 2.24) is 20.2 Å². The fourth-order valence-corrected chi connectivity index (χ4v) is 2.75. The van der Waals surface area contributed by atoms with Crippen LogP contribution in [-0.2, 0) is 6.54 Å². The number of anilines is 1. The number of nitrogens with zero attached hydrogens (tertiary/aromatic N) is 4. The van der Waals surface area contributed by atoms with Crippen LogP contribution in [0.4, 0.5) is 14.5 Å². The Balaban J connectivity index is 1.94. The maximum atomic E-state index is 14.0. The standard InChI is InChI=1S/C14H17F2N5/c1-2-3-14(4-5-14)8-21-13(18-19-20-21)9-6-12(17)11(16)7-10(9)15/h6-7H,2-5,8,17H2,1H3. The summed E-state index contributed by atoms with van der Waals surface area (Å²) in [7, 11) is 0. The Labute approximate surface area is 121 Å². The summed E-state index contributed by atoms with van der Waals surface area (Å²) in [6.45, 7) is 2.79. The Bertz CT molecular complexity index is 663. The van der Waals surface area contributed by atoms with Gasteiger partial charge in [-0.05, 0) is 41.2 Å². The Morgan fingerprint density at radius 3 is 2.71 bits per heavy atom. The zero-order valence-corrected chi connectivity index (χ0v) is 11.8. The summed E-state index contributed by atoms with van der Waals surface area (Å²) < 4.78 is 28.8. The molecule has 0 atom stereocenters. The van der Waals surface area contributed by atoms with Crippen molar-refractivity contribution in [2.24, 2.45) is 5.41 Å². The summed E-state index contributed by atoms with van der Waals surface area (Å²) in [5, 5.41) is 11.4. The molecule has 21 heavy (non-hydrogen) atoms. The van der Waals surface area contributed by atoms with E-state index in [1.54, 1.807) is 4.68 Å². The largest absolute Gasteiger partial charge is 0.396 e. The first-order chi connectivity index (χ1) is 10.0. The first-order valence-electron chi connectivity index (χ1n) is 7.06. The molecule has 5 nitrogen and oxygen atoms in total. The molecule has 2 aromatic rings. The minimum absolute atomic E-state index is 0.115. The summed E-state index contributed by atoms with van der Waals surface area (Å²) >= 11 is 0. The first-order valence-corrected chi connectivity index (χ1v) is 7.06. The normalized spacial score (nSPS) is 16.1. The van der Waals surface area contributed by atoms with Crippen LogP contribution in [0.2, 0.25) is 0 Å². The second-order valence-corrected chi connectivity index (χ2v) is 5.76. The zero-order valence-electron chi connectivity index (χ0n) is 11.8. The van der Waals surface area contributed by atoms with Gasteiger partial charge in [0.25, 0.3) is 0 Å². The number of hydrogen-bond acceptors (Lipinski definition) is 4. The third-order valence-electron chi connectivity index (χ3n) is 4.08. The maximum absolute atomic E-state index is 14.0. The van der Waals surface area contributed by atoms with Crippen LogP contribution in [-0.4, -0.2) is 20.2 Å². The lowest BCUT2D eigenvalue weighted by Crippen LogP contribution is -2.14. The molecule has 0 unspecified atom stereocenters. The summed E-state index contributed by atoms with van der Waals surface area (Å²) in [6.07, 6.45) is 4.46. The van der Waals surface area contributed by atoms with Crippen molar-refractivity contribution in [2.45, 2.75) is 39.2 Å². The van der Waals surface area contributed by atoms with Gasteiger partial charge in [0, 0.05) is 6.07 Å². The molecule has 2 N–H and O–H groups in total. The number of nitrogens with two attached hydrogens (primary N) is 1. The lowest BCUT2D eigenvalue weighted by Gasteiger charge is -2.14. The second-order valence-electron chi connectivity index (χ2n) is 5.76. The van der Waals surface area contributed by atoms with Crippen molar-refractivity contribution >= 4 is 5.69 Å². The molecule has 1 heterocycles. The topological polar surface area (TPSA) is 69.6 Å². The van der Waals surface area contributed by atoms with E-state index in [0.717, 1.165) is 31.7 Å². The quantitative estimate of drug-likeness (QED) is 0.861. The summed E-state index contributed by atoms with van der Waals surface area (Å²) in [4.78, 5) is 0. The van der Waals surface area contributed by atoms with Gasteiger partial charge in [-0.25, -0.2) is 13.5 Å². The monoisotopic (exact) mass is 293 g/mol. The van der Waals surface area contributed by atoms with Crippen molar-refractivity contribution in [3.8, 4) is 11.4 Å². The van der Waals surface area contributed by atoms with Gasteiger partial charge in [-0.2, -0.15) is 0 Å². The Morgan fingerprint density at radius 2 is 2.05 bits per heavy atom. The van der Waals surface area contributed by atoms with Crippen LogP contribution in [0.15, 0.2) is 12.1 Å². The minimum atomic E-state index is -0.778. The SMILES string of the molecule is CCCC1(Cn2nnnc2-c2cc(N)c(F)cc2F)CC1. The molecule has 1 aliphatic carbocycles. The van der Waals surface area contributed by atoms with Gasteiger partial charge in [-0.15, -0.1) is 5.10 Å². The average Bonchev–Trinajstić information content (AvgIpc) is 3.03. The minimum Gasteiger partial charge on any atom is -0.396 e. The van der Waals surface area contributed by atoms with Crippen molar-refractivity contribution < 1.29 is 8.78 Å². The van der Waals surface area contributed by atoms with Crippen LogP contribution < -0.4 is 5.73 Å². The van der Waals surface area contributed by atoms with E-state index in [-0.39, 0.29) is 16.7 Å². The van der Waals surface area contributed by atoms with Gasteiger partial charge in [0.2, 0.25) is 0 Å². The molecule has 0 aliphatic heterocycles. The van der Waals surface area contributed by atoms with E-state index in [9.17, 15) is 8.78 Å². The number of rotatable bonds is 5. The van der Waals surface area contributed by atoms with Gasteiger partial charge in [0.1, 0.15) is 11.6 Å². The molecule has 0 radical (unpaired) electrons. The molecule has 112 valence electrons. The highest BCUT2D eigenvalue weighted by Gasteiger charge is 2.42. The Hall–Kier alpha value is -2.05. The second kappa shape index (κ2) is 5.05. The lowest BCUT2D eigenvalue weighted by molar-refractivity contribution is 0.364. The maximum Gasteiger partial charge on any atom is 0.185 e. The van der Waals surface area contributed by atoms with E-state index < -0.39 is 11.6 Å². The van der Waals surface area contributed by atoms with Crippen LogP contribution in [0.5, 0.6) is 0 Å². The predicted molar refractivity (Wildman–Crippen MR) is 74.2 cm³/mol. The van der Waals surface area contributed by atoms with Gasteiger partial charge in [-0.3, -0.25) is 0 Å². The molecule has 1 saturated carbocycles. The molecule has 0 spiro atoms. The number of aromatic nitrogens is 4. The zero-order chi connectivity index (χ0) is 15.0. The molecule has 7 heteroatoms. The smallest absolute Gasteiger partial charge is 0.185 e. The highest BCUT2D eigenvalue weighted by atomic mass is 19.1. The number of nitrogen functional groups attached to an aromatic ring is 1. The summed E-state index contributed by atoms with van der Waals surface area (Å²) in [5.74, 6) is -1.19. The van der Waals surface area contributed by atoms with E-state index >= 15 is 0 Å². The molecule has 1 aromatic heterocycles. The third-order valence-corrected chi connectivity index (χ3v) is 4.08. The molecular formula is C14H17F2N5. The molecule has 0 saturated heterocycles. The predicted octanol–water partition coefficient (Wildman–Crippen LogP) is 2.78. The highest BCUT2D eigenvalue weighted by molar-refractivity contribution is 5.62. The Morgan fingerprint density at radius 1 is 1.29 bits per heavy atom. The van der Waals surface area contributed by atoms with E-state index in [2.05, 4.69) is 22.4 Å². The van der Waals surface area contributed by atoms with Crippen LogP contribution >= 0.6 is 0 Å². The average molecular weight is 293 g/mol. The number of tetrazole rings is 1. The van der Waals surface area contributed by atoms with Gasteiger partial charge in [0.05, 0.1) is 17.8 Å². The number of benzene rings is 1. The van der Waals surface area contributed by atoms with Gasteiger partial charge >= 0.3 is 0 Å². The highest BCUT2D eigenvalue weighted by Crippen LogP contribution is 2.51. The number of hydrogen-bond donors (Lipinski definition) is 1.